The molecule has 1 amide bonds. The molecule has 0 saturated heterocycles. The van der Waals surface area contributed by atoms with Gasteiger partial charge in [-0.15, -0.1) is 0 Å². The molecule has 4 nitrogen and oxygen atoms in total. The largest absolute Gasteiger partial charge is 0.394 e. The number of hydrogen-bond acceptors (Lipinski definition) is 3. The number of rotatable bonds is 45. The number of amides is 1. The Morgan fingerprint density at radius 3 is 1.03 bits per heavy atom. The lowest BCUT2D eigenvalue weighted by Crippen LogP contribution is -2.45. The smallest absolute Gasteiger partial charge is 0.220 e. The molecule has 4 heteroatoms. The van der Waals surface area contributed by atoms with Gasteiger partial charge >= 0.3 is 0 Å². The predicted octanol–water partition coefficient (Wildman–Crippen LogP) is 17.2. The summed E-state index contributed by atoms with van der Waals surface area (Å²) >= 11 is 0. The van der Waals surface area contributed by atoms with Gasteiger partial charge in [-0.3, -0.25) is 4.79 Å². The van der Waals surface area contributed by atoms with Crippen molar-refractivity contribution in [1.82, 2.24) is 5.32 Å². The first-order chi connectivity index (χ1) is 31.7. The lowest BCUT2D eigenvalue weighted by Gasteiger charge is -2.19. The van der Waals surface area contributed by atoms with E-state index in [0.717, 1.165) is 109 Å². The first-order valence-electron chi connectivity index (χ1n) is 26.0. The molecule has 0 aliphatic rings. The summed E-state index contributed by atoms with van der Waals surface area (Å²) < 4.78 is 0. The highest BCUT2D eigenvalue weighted by Crippen LogP contribution is 2.13. The Balaban J connectivity index is 3.74. The Kier molecular flexibility index (Phi) is 50.5. The third-order valence-corrected chi connectivity index (χ3v) is 10.8. The van der Waals surface area contributed by atoms with Crippen LogP contribution >= 0.6 is 0 Å². The molecule has 0 radical (unpaired) electrons. The first-order valence-corrected chi connectivity index (χ1v) is 26.0. The van der Waals surface area contributed by atoms with Gasteiger partial charge in [0.1, 0.15) is 0 Å². The van der Waals surface area contributed by atoms with E-state index in [1.807, 2.05) is 6.08 Å². The zero-order chi connectivity index (χ0) is 46.3. The minimum Gasteiger partial charge on any atom is -0.394 e. The van der Waals surface area contributed by atoms with Crippen molar-refractivity contribution >= 4 is 5.91 Å². The fourth-order valence-electron chi connectivity index (χ4n) is 6.89. The molecule has 0 saturated carbocycles. The standard InChI is InChI=1S/C60H97NO3/c1-3-5-7-9-11-13-15-17-19-20-21-22-23-24-25-26-27-28-29-30-31-32-33-34-35-36-37-38-39-40-42-44-46-48-50-52-54-56-60(64)61-58(57-62)59(63)55-53-51-49-47-45-43-41-18-16-14-12-10-8-6-4-2/h5,7,11,13,17,19,21-22,24-25,27-28,30-31,33-34,36-37,39-40,44,46,53,55,58-59,62-63H,3-4,6,8-10,12,14-16,18,20,23,26,29,32,35,38,41-43,45,47-52,54,56-57H2,1-2H3,(H,61,64)/b7-5-,13-11-,19-17-,22-21-,25-24-,28-27-,31-30-,34-33-,37-36-,40-39-,46-44-,55-53+. The van der Waals surface area contributed by atoms with Crippen molar-refractivity contribution in [2.45, 2.75) is 219 Å². The molecule has 0 rings (SSSR count). The van der Waals surface area contributed by atoms with Crippen LogP contribution in [0.1, 0.15) is 206 Å². The van der Waals surface area contributed by atoms with Gasteiger partial charge in [-0.1, -0.05) is 243 Å². The lowest BCUT2D eigenvalue weighted by molar-refractivity contribution is -0.123. The van der Waals surface area contributed by atoms with Crippen LogP contribution in [0, 0.1) is 0 Å². The Morgan fingerprint density at radius 2 is 0.688 bits per heavy atom. The molecule has 0 aliphatic carbocycles. The quantitative estimate of drug-likeness (QED) is 0.0422. The fourth-order valence-corrected chi connectivity index (χ4v) is 6.89. The predicted molar refractivity (Wildman–Crippen MR) is 285 cm³/mol. The number of hydrogen-bond donors (Lipinski definition) is 3. The highest BCUT2D eigenvalue weighted by Gasteiger charge is 2.17. The fraction of sp³-hybridized carbons (Fsp3) is 0.583. The van der Waals surface area contributed by atoms with Crippen LogP contribution in [-0.4, -0.2) is 34.9 Å². The van der Waals surface area contributed by atoms with E-state index < -0.39 is 12.1 Å². The highest BCUT2D eigenvalue weighted by molar-refractivity contribution is 5.76. The van der Waals surface area contributed by atoms with Gasteiger partial charge in [-0.05, 0) is 103 Å². The Bertz CT molecular complexity index is 1370. The maximum Gasteiger partial charge on any atom is 0.220 e. The second-order valence-corrected chi connectivity index (χ2v) is 16.9. The molecule has 0 fully saturated rings. The summed E-state index contributed by atoms with van der Waals surface area (Å²) in [6.07, 6.45) is 85.5. The van der Waals surface area contributed by atoms with E-state index in [4.69, 9.17) is 0 Å². The molecule has 0 heterocycles. The number of unbranched alkanes of at least 4 members (excludes halogenated alkanes) is 16. The molecular weight excluding hydrogens is 783 g/mol. The van der Waals surface area contributed by atoms with Crippen LogP contribution in [0.3, 0.4) is 0 Å². The molecule has 3 N–H and O–H groups in total. The zero-order valence-corrected chi connectivity index (χ0v) is 41.2. The number of carbonyl (C=O) groups excluding carboxylic acids is 1. The van der Waals surface area contributed by atoms with Crippen molar-refractivity contribution < 1.29 is 15.0 Å². The maximum atomic E-state index is 12.4. The van der Waals surface area contributed by atoms with Crippen LogP contribution in [-0.2, 0) is 4.79 Å². The molecule has 2 unspecified atom stereocenters. The van der Waals surface area contributed by atoms with E-state index in [1.165, 1.54) is 77.0 Å². The molecule has 0 bridgehead atoms. The number of aliphatic hydroxyl groups excluding tert-OH is 2. The average molecular weight is 880 g/mol. The van der Waals surface area contributed by atoms with E-state index in [0.29, 0.717) is 6.42 Å². The molecule has 0 aromatic rings. The third-order valence-electron chi connectivity index (χ3n) is 10.8. The first kappa shape index (κ1) is 60.3. The number of aliphatic hydroxyl groups is 2. The topological polar surface area (TPSA) is 69.6 Å². The molecule has 0 spiro atoms. The Morgan fingerprint density at radius 1 is 0.391 bits per heavy atom. The van der Waals surface area contributed by atoms with Gasteiger partial charge in [0.25, 0.3) is 0 Å². The maximum absolute atomic E-state index is 12.4. The van der Waals surface area contributed by atoms with E-state index in [-0.39, 0.29) is 12.5 Å². The van der Waals surface area contributed by atoms with Gasteiger partial charge in [-0.2, -0.15) is 0 Å². The van der Waals surface area contributed by atoms with E-state index in [2.05, 4.69) is 153 Å². The van der Waals surface area contributed by atoms with Crippen LogP contribution in [0.4, 0.5) is 0 Å². The monoisotopic (exact) mass is 880 g/mol. The van der Waals surface area contributed by atoms with Crippen molar-refractivity contribution in [3.05, 3.63) is 146 Å². The van der Waals surface area contributed by atoms with Crippen molar-refractivity contribution in [2.75, 3.05) is 6.61 Å². The molecular formula is C60H97NO3. The van der Waals surface area contributed by atoms with Gasteiger partial charge < -0.3 is 15.5 Å². The molecule has 64 heavy (non-hydrogen) atoms. The van der Waals surface area contributed by atoms with Crippen LogP contribution in [0.25, 0.3) is 0 Å². The zero-order valence-electron chi connectivity index (χ0n) is 41.2. The van der Waals surface area contributed by atoms with Crippen LogP contribution in [0.2, 0.25) is 0 Å². The summed E-state index contributed by atoms with van der Waals surface area (Å²) in [6.45, 7) is 4.17. The number of allylic oxidation sites excluding steroid dienone is 23. The molecule has 0 aromatic carbocycles. The third kappa shape index (κ3) is 49.3. The lowest BCUT2D eigenvalue weighted by atomic mass is 10.0. The number of carbonyl (C=O) groups is 1. The molecule has 360 valence electrons. The average Bonchev–Trinajstić information content (AvgIpc) is 3.30. The van der Waals surface area contributed by atoms with Crippen molar-refractivity contribution in [3.63, 3.8) is 0 Å². The summed E-state index contributed by atoms with van der Waals surface area (Å²) in [5.74, 6) is -0.102. The molecule has 0 aromatic heterocycles. The van der Waals surface area contributed by atoms with Crippen molar-refractivity contribution in [1.29, 1.82) is 0 Å². The van der Waals surface area contributed by atoms with E-state index in [9.17, 15) is 15.0 Å². The van der Waals surface area contributed by atoms with Gasteiger partial charge in [0.2, 0.25) is 5.91 Å². The van der Waals surface area contributed by atoms with Gasteiger partial charge in [-0.25, -0.2) is 0 Å². The Hall–Kier alpha value is -3.73. The van der Waals surface area contributed by atoms with Gasteiger partial charge in [0, 0.05) is 6.42 Å². The van der Waals surface area contributed by atoms with Crippen molar-refractivity contribution in [3.8, 4) is 0 Å². The van der Waals surface area contributed by atoms with Gasteiger partial charge in [0.05, 0.1) is 18.8 Å². The summed E-state index contributed by atoms with van der Waals surface area (Å²) in [7, 11) is 0. The Labute approximate surface area is 395 Å². The second kappa shape index (κ2) is 53.6. The van der Waals surface area contributed by atoms with Gasteiger partial charge in [0.15, 0.2) is 0 Å². The second-order valence-electron chi connectivity index (χ2n) is 16.9. The molecule has 2 atom stereocenters. The number of nitrogens with one attached hydrogen (secondary N) is 1. The van der Waals surface area contributed by atoms with Crippen LogP contribution < -0.4 is 5.32 Å². The summed E-state index contributed by atoms with van der Waals surface area (Å²) in [4.78, 5) is 12.4. The highest BCUT2D eigenvalue weighted by atomic mass is 16.3. The summed E-state index contributed by atoms with van der Waals surface area (Å²) in [5.41, 5.74) is 0. The molecule has 0 aliphatic heterocycles. The van der Waals surface area contributed by atoms with Crippen LogP contribution in [0.5, 0.6) is 0 Å². The SMILES string of the molecule is CC/C=C\C/C=C\C/C=C\C/C=C\C/C=C\C/C=C\C/C=C\C/C=C\C/C=C\C/C=C\C/C=C\CCCCCC(=O)NC(CO)C(O)/C=C/CCCCCCCCCCCCCCC. The summed E-state index contributed by atoms with van der Waals surface area (Å²) in [6, 6.07) is -0.651. The van der Waals surface area contributed by atoms with E-state index in [1.54, 1.807) is 6.08 Å². The minimum absolute atomic E-state index is 0.102. The normalized spacial score (nSPS) is 14.1. The van der Waals surface area contributed by atoms with E-state index >= 15 is 0 Å². The van der Waals surface area contributed by atoms with Crippen LogP contribution in [0.15, 0.2) is 146 Å². The summed E-state index contributed by atoms with van der Waals surface area (Å²) in [5, 5.41) is 23.0. The van der Waals surface area contributed by atoms with Crippen molar-refractivity contribution in [2.24, 2.45) is 0 Å². The minimum atomic E-state index is -0.863.